The fourth-order valence-electron chi connectivity index (χ4n) is 2.04. The summed E-state index contributed by atoms with van der Waals surface area (Å²) in [6, 6.07) is 2.43. The van der Waals surface area contributed by atoms with Crippen LogP contribution in [0.25, 0.3) is 10.2 Å². The maximum Gasteiger partial charge on any atom is 0.223 e. The molecule has 0 aliphatic heterocycles. The number of aromatic nitrogens is 2. The van der Waals surface area contributed by atoms with Crippen LogP contribution in [0.5, 0.6) is 0 Å². The third kappa shape index (κ3) is 2.90. The van der Waals surface area contributed by atoms with Crippen molar-refractivity contribution in [1.82, 2.24) is 9.97 Å². The predicted molar refractivity (Wildman–Crippen MR) is 79.0 cm³/mol. The Morgan fingerprint density at radius 3 is 2.89 bits per heavy atom. The van der Waals surface area contributed by atoms with Crippen LogP contribution in [0.3, 0.4) is 0 Å². The number of fused-ring (bicyclic) bond motifs is 1. The van der Waals surface area contributed by atoms with Gasteiger partial charge in [-0.3, -0.25) is 0 Å². The molecule has 2 aromatic rings. The topological polar surface area (TPSA) is 63.8 Å². The first-order chi connectivity index (χ1) is 8.60. The number of hydrogen-bond donors (Lipinski definition) is 2. The molecule has 0 spiro atoms. The van der Waals surface area contributed by atoms with Crippen LogP contribution < -0.4 is 11.1 Å². The summed E-state index contributed by atoms with van der Waals surface area (Å²) >= 11 is 1.59. The second-order valence-electron chi connectivity index (χ2n) is 4.86. The zero-order chi connectivity index (χ0) is 13.1. The van der Waals surface area contributed by atoms with Gasteiger partial charge in [-0.05, 0) is 30.7 Å². The van der Waals surface area contributed by atoms with Gasteiger partial charge < -0.3 is 11.1 Å². The molecule has 5 heteroatoms. The Bertz CT molecular complexity index is 523. The Morgan fingerprint density at radius 1 is 1.39 bits per heavy atom. The molecular weight excluding hydrogens is 244 g/mol. The predicted octanol–water partition coefficient (Wildman–Crippen LogP) is 3.51. The van der Waals surface area contributed by atoms with Crippen LogP contribution in [0.2, 0.25) is 0 Å². The molecule has 0 saturated carbocycles. The van der Waals surface area contributed by atoms with Crippen molar-refractivity contribution in [3.8, 4) is 0 Å². The molecule has 2 rings (SSSR count). The fraction of sp³-hybridized carbons (Fsp3) is 0.538. The van der Waals surface area contributed by atoms with Gasteiger partial charge in [-0.2, -0.15) is 4.98 Å². The Kier molecular flexibility index (Phi) is 4.01. The lowest BCUT2D eigenvalue weighted by molar-refractivity contribution is 0.483. The van der Waals surface area contributed by atoms with Gasteiger partial charge in [0.25, 0.3) is 0 Å². The molecule has 2 aromatic heterocycles. The summed E-state index contributed by atoms with van der Waals surface area (Å²) < 4.78 is 0. The Balaban J connectivity index is 2.18. The second-order valence-corrected chi connectivity index (χ2v) is 5.76. The Hall–Kier alpha value is -1.36. The van der Waals surface area contributed by atoms with Gasteiger partial charge in [-0.25, -0.2) is 4.98 Å². The van der Waals surface area contributed by atoms with E-state index in [9.17, 15) is 0 Å². The highest BCUT2D eigenvalue weighted by Crippen LogP contribution is 2.26. The number of nitrogens with one attached hydrogen (secondary N) is 1. The molecule has 0 amide bonds. The van der Waals surface area contributed by atoms with Crippen molar-refractivity contribution in [1.29, 1.82) is 0 Å². The van der Waals surface area contributed by atoms with Crippen LogP contribution in [-0.4, -0.2) is 16.0 Å². The summed E-state index contributed by atoms with van der Waals surface area (Å²) in [5.74, 6) is 1.90. The number of nitrogen functional groups attached to an aromatic ring is 1. The van der Waals surface area contributed by atoms with Gasteiger partial charge in [0.2, 0.25) is 5.95 Å². The lowest BCUT2D eigenvalue weighted by atomic mass is 10.0. The quantitative estimate of drug-likeness (QED) is 0.867. The van der Waals surface area contributed by atoms with E-state index in [0.717, 1.165) is 22.5 Å². The van der Waals surface area contributed by atoms with Crippen LogP contribution in [0.15, 0.2) is 11.4 Å². The number of hydrogen-bond acceptors (Lipinski definition) is 5. The molecule has 0 bridgehead atoms. The van der Waals surface area contributed by atoms with Gasteiger partial charge in [0.05, 0.1) is 5.39 Å². The number of rotatable bonds is 5. The fourth-order valence-corrected chi connectivity index (χ4v) is 2.82. The molecule has 2 unspecified atom stereocenters. The number of nitrogens with two attached hydrogens (primary N) is 1. The molecule has 0 radical (unpaired) electrons. The van der Waals surface area contributed by atoms with E-state index in [1.54, 1.807) is 11.3 Å². The van der Waals surface area contributed by atoms with E-state index in [2.05, 4.69) is 36.1 Å². The van der Waals surface area contributed by atoms with E-state index in [0.29, 0.717) is 17.9 Å². The largest absolute Gasteiger partial charge is 0.368 e. The van der Waals surface area contributed by atoms with Crippen LogP contribution in [0.1, 0.15) is 33.6 Å². The Labute approximate surface area is 112 Å². The van der Waals surface area contributed by atoms with E-state index in [-0.39, 0.29) is 0 Å². The van der Waals surface area contributed by atoms with Crippen molar-refractivity contribution >= 4 is 33.3 Å². The normalized spacial score (nSPS) is 14.6. The molecule has 18 heavy (non-hydrogen) atoms. The van der Waals surface area contributed by atoms with Gasteiger partial charge >= 0.3 is 0 Å². The van der Waals surface area contributed by atoms with Gasteiger partial charge in [0.15, 0.2) is 0 Å². The van der Waals surface area contributed by atoms with E-state index in [4.69, 9.17) is 5.73 Å². The molecule has 0 saturated heterocycles. The Morgan fingerprint density at radius 2 is 2.17 bits per heavy atom. The minimum atomic E-state index is 0.336. The number of nitrogens with zero attached hydrogens (tertiary/aromatic N) is 2. The molecule has 3 N–H and O–H groups in total. The van der Waals surface area contributed by atoms with E-state index in [1.807, 2.05) is 11.4 Å². The van der Waals surface area contributed by atoms with Crippen LogP contribution in [0.4, 0.5) is 11.8 Å². The van der Waals surface area contributed by atoms with E-state index >= 15 is 0 Å². The average Bonchev–Trinajstić information content (AvgIpc) is 2.76. The van der Waals surface area contributed by atoms with Gasteiger partial charge in [0, 0.05) is 6.04 Å². The molecule has 0 aliphatic rings. The van der Waals surface area contributed by atoms with Crippen LogP contribution in [0, 0.1) is 5.92 Å². The summed E-state index contributed by atoms with van der Waals surface area (Å²) in [4.78, 5) is 9.48. The molecule has 2 heterocycles. The standard InChI is InChI=1S/C13H20N4S/c1-4-8(2)7-9(3)15-11-10-5-6-18-12(10)17-13(14)16-11/h5-6,8-9H,4,7H2,1-3H3,(H3,14,15,16,17). The smallest absolute Gasteiger partial charge is 0.223 e. The first-order valence-electron chi connectivity index (χ1n) is 6.37. The minimum Gasteiger partial charge on any atom is -0.368 e. The van der Waals surface area contributed by atoms with Gasteiger partial charge in [-0.15, -0.1) is 11.3 Å². The first kappa shape index (κ1) is 13.1. The van der Waals surface area contributed by atoms with E-state index in [1.165, 1.54) is 6.42 Å². The van der Waals surface area contributed by atoms with Crippen molar-refractivity contribution in [2.75, 3.05) is 11.1 Å². The van der Waals surface area contributed by atoms with Crippen molar-refractivity contribution < 1.29 is 0 Å². The van der Waals surface area contributed by atoms with Crippen molar-refractivity contribution in [2.45, 2.75) is 39.7 Å². The number of thiophene rings is 1. The zero-order valence-corrected chi connectivity index (χ0v) is 11.9. The lowest BCUT2D eigenvalue weighted by Gasteiger charge is -2.18. The molecular formula is C13H20N4S. The summed E-state index contributed by atoms with van der Waals surface area (Å²) in [6.07, 6.45) is 2.33. The summed E-state index contributed by atoms with van der Waals surface area (Å²) in [6.45, 7) is 6.67. The summed E-state index contributed by atoms with van der Waals surface area (Å²) in [5, 5.41) is 6.53. The third-order valence-corrected chi connectivity index (χ3v) is 3.98. The van der Waals surface area contributed by atoms with Gasteiger partial charge in [0.1, 0.15) is 10.6 Å². The average molecular weight is 264 g/mol. The molecule has 2 atom stereocenters. The molecule has 0 aromatic carbocycles. The lowest BCUT2D eigenvalue weighted by Crippen LogP contribution is -2.19. The highest BCUT2D eigenvalue weighted by atomic mass is 32.1. The van der Waals surface area contributed by atoms with Crippen molar-refractivity contribution in [2.24, 2.45) is 5.92 Å². The van der Waals surface area contributed by atoms with E-state index < -0.39 is 0 Å². The highest BCUT2D eigenvalue weighted by Gasteiger charge is 2.12. The van der Waals surface area contributed by atoms with Crippen molar-refractivity contribution in [3.05, 3.63) is 11.4 Å². The SMILES string of the molecule is CCC(C)CC(C)Nc1nc(N)nc2sccc12. The van der Waals surface area contributed by atoms with Crippen molar-refractivity contribution in [3.63, 3.8) is 0 Å². The monoisotopic (exact) mass is 264 g/mol. The second kappa shape index (κ2) is 5.52. The molecule has 0 aliphatic carbocycles. The number of anilines is 2. The maximum absolute atomic E-state index is 5.73. The zero-order valence-electron chi connectivity index (χ0n) is 11.1. The maximum atomic E-state index is 5.73. The molecule has 98 valence electrons. The third-order valence-electron chi connectivity index (χ3n) is 3.18. The van der Waals surface area contributed by atoms with Gasteiger partial charge in [-0.1, -0.05) is 20.3 Å². The molecule has 4 nitrogen and oxygen atoms in total. The molecule has 0 fully saturated rings. The van der Waals surface area contributed by atoms with Crippen LogP contribution >= 0.6 is 11.3 Å². The highest BCUT2D eigenvalue weighted by molar-refractivity contribution is 7.16. The minimum absolute atomic E-state index is 0.336. The van der Waals surface area contributed by atoms with Crippen LogP contribution in [-0.2, 0) is 0 Å². The summed E-state index contributed by atoms with van der Waals surface area (Å²) in [5.41, 5.74) is 5.73. The summed E-state index contributed by atoms with van der Waals surface area (Å²) in [7, 11) is 0. The first-order valence-corrected chi connectivity index (χ1v) is 7.25.